The molecule has 0 aliphatic rings. The summed E-state index contributed by atoms with van der Waals surface area (Å²) in [6.45, 7) is 2.61. The number of nitrogens with one attached hydrogen (secondary N) is 1. The highest BCUT2D eigenvalue weighted by Gasteiger charge is 2.13. The van der Waals surface area contributed by atoms with Crippen LogP contribution >= 0.6 is 11.3 Å². The summed E-state index contributed by atoms with van der Waals surface area (Å²) in [6.07, 6.45) is 1.93. The SMILES string of the molecule is CCS(=O)(=O)CCNCc1c(OC)nc2sccn12. The van der Waals surface area contributed by atoms with Crippen LogP contribution in [-0.2, 0) is 16.4 Å². The topological polar surface area (TPSA) is 72.7 Å². The van der Waals surface area contributed by atoms with Crippen molar-refractivity contribution in [2.24, 2.45) is 0 Å². The van der Waals surface area contributed by atoms with Gasteiger partial charge in [0.2, 0.25) is 5.88 Å². The average Bonchev–Trinajstić information content (AvgIpc) is 2.95. The molecule has 0 aliphatic heterocycles. The lowest BCUT2D eigenvalue weighted by Gasteiger charge is -2.05. The molecule has 0 unspecified atom stereocenters. The van der Waals surface area contributed by atoms with Gasteiger partial charge in [-0.25, -0.2) is 8.42 Å². The van der Waals surface area contributed by atoms with E-state index >= 15 is 0 Å². The van der Waals surface area contributed by atoms with Gasteiger partial charge in [-0.2, -0.15) is 4.98 Å². The van der Waals surface area contributed by atoms with Crippen LogP contribution in [0.1, 0.15) is 12.6 Å². The monoisotopic (exact) mass is 303 g/mol. The zero-order valence-electron chi connectivity index (χ0n) is 10.9. The highest BCUT2D eigenvalue weighted by Crippen LogP contribution is 2.22. The van der Waals surface area contributed by atoms with E-state index in [1.54, 1.807) is 14.0 Å². The van der Waals surface area contributed by atoms with Gasteiger partial charge >= 0.3 is 0 Å². The van der Waals surface area contributed by atoms with Gasteiger partial charge in [0.1, 0.15) is 5.69 Å². The van der Waals surface area contributed by atoms with Crippen LogP contribution in [0.4, 0.5) is 0 Å². The summed E-state index contributed by atoms with van der Waals surface area (Å²) in [6, 6.07) is 0. The summed E-state index contributed by atoms with van der Waals surface area (Å²) in [5.74, 6) is 0.911. The summed E-state index contributed by atoms with van der Waals surface area (Å²) >= 11 is 1.53. The van der Waals surface area contributed by atoms with Crippen molar-refractivity contribution in [1.82, 2.24) is 14.7 Å². The minimum Gasteiger partial charge on any atom is -0.480 e. The normalized spacial score (nSPS) is 12.1. The van der Waals surface area contributed by atoms with Crippen molar-refractivity contribution in [3.05, 3.63) is 17.3 Å². The van der Waals surface area contributed by atoms with Crippen LogP contribution in [0.25, 0.3) is 4.96 Å². The van der Waals surface area contributed by atoms with E-state index in [1.165, 1.54) is 11.3 Å². The molecule has 2 aromatic rings. The summed E-state index contributed by atoms with van der Waals surface area (Å²) in [7, 11) is -1.34. The summed E-state index contributed by atoms with van der Waals surface area (Å²) in [5.41, 5.74) is 0.910. The van der Waals surface area contributed by atoms with Gasteiger partial charge in [0, 0.05) is 30.4 Å². The van der Waals surface area contributed by atoms with Gasteiger partial charge in [0.15, 0.2) is 14.8 Å². The number of ether oxygens (including phenoxy) is 1. The van der Waals surface area contributed by atoms with Gasteiger partial charge in [-0.05, 0) is 0 Å². The minimum absolute atomic E-state index is 0.150. The smallest absolute Gasteiger partial charge is 0.237 e. The fourth-order valence-electron chi connectivity index (χ4n) is 1.72. The number of thiazole rings is 1. The number of methoxy groups -OCH3 is 1. The van der Waals surface area contributed by atoms with Gasteiger partial charge in [-0.15, -0.1) is 11.3 Å². The Balaban J connectivity index is 1.99. The molecular formula is C11H17N3O3S2. The molecule has 0 saturated carbocycles. The maximum Gasteiger partial charge on any atom is 0.237 e. The lowest BCUT2D eigenvalue weighted by molar-refractivity contribution is 0.393. The molecule has 106 valence electrons. The van der Waals surface area contributed by atoms with Crippen molar-refractivity contribution in [3.8, 4) is 5.88 Å². The summed E-state index contributed by atoms with van der Waals surface area (Å²) in [5, 5.41) is 5.07. The molecule has 0 radical (unpaired) electrons. The van der Waals surface area contributed by atoms with Crippen molar-refractivity contribution in [1.29, 1.82) is 0 Å². The second kappa shape index (κ2) is 5.89. The van der Waals surface area contributed by atoms with Gasteiger partial charge in [0.05, 0.1) is 12.9 Å². The van der Waals surface area contributed by atoms with E-state index in [1.807, 2.05) is 16.0 Å². The van der Waals surface area contributed by atoms with E-state index in [4.69, 9.17) is 4.74 Å². The molecule has 2 rings (SSSR count). The predicted octanol–water partition coefficient (Wildman–Crippen LogP) is 0.929. The van der Waals surface area contributed by atoms with Gasteiger partial charge < -0.3 is 10.1 Å². The second-order valence-electron chi connectivity index (χ2n) is 4.04. The van der Waals surface area contributed by atoms with E-state index in [9.17, 15) is 8.42 Å². The number of fused-ring (bicyclic) bond motifs is 1. The van der Waals surface area contributed by atoms with Gasteiger partial charge in [0.25, 0.3) is 0 Å². The molecule has 2 aromatic heterocycles. The van der Waals surface area contributed by atoms with Crippen LogP contribution in [-0.4, -0.2) is 43.0 Å². The lowest BCUT2D eigenvalue weighted by Crippen LogP contribution is -2.24. The molecule has 6 nitrogen and oxygen atoms in total. The Hall–Kier alpha value is -1.12. The number of aromatic nitrogens is 2. The zero-order valence-corrected chi connectivity index (χ0v) is 12.6. The predicted molar refractivity (Wildman–Crippen MR) is 75.7 cm³/mol. The minimum atomic E-state index is -2.92. The van der Waals surface area contributed by atoms with Crippen molar-refractivity contribution < 1.29 is 13.2 Å². The molecule has 0 spiro atoms. The molecule has 0 fully saturated rings. The molecule has 1 N–H and O–H groups in total. The first-order valence-corrected chi connectivity index (χ1v) is 8.67. The zero-order chi connectivity index (χ0) is 13.9. The Morgan fingerprint density at radius 3 is 3.00 bits per heavy atom. The highest BCUT2D eigenvalue weighted by molar-refractivity contribution is 7.91. The number of hydrogen-bond acceptors (Lipinski definition) is 6. The molecule has 0 bridgehead atoms. The summed E-state index contributed by atoms with van der Waals surface area (Å²) in [4.78, 5) is 5.21. The number of sulfone groups is 1. The Morgan fingerprint density at radius 2 is 2.32 bits per heavy atom. The number of nitrogens with zero attached hydrogens (tertiary/aromatic N) is 2. The third kappa shape index (κ3) is 3.26. The molecule has 2 heterocycles. The molecule has 0 amide bonds. The van der Waals surface area contributed by atoms with Crippen LogP contribution in [0.3, 0.4) is 0 Å². The highest BCUT2D eigenvalue weighted by atomic mass is 32.2. The number of rotatable bonds is 7. The standard InChI is InChI=1S/C11H17N3O3S2/c1-3-19(15,16)7-4-12-8-9-10(17-2)13-11-14(9)5-6-18-11/h5-6,12H,3-4,7-8H2,1-2H3. The van der Waals surface area contributed by atoms with Gasteiger partial charge in [-0.3, -0.25) is 4.40 Å². The molecule has 0 saturated heterocycles. The van der Waals surface area contributed by atoms with Crippen molar-refractivity contribution in [3.63, 3.8) is 0 Å². The fraction of sp³-hybridized carbons (Fsp3) is 0.545. The van der Waals surface area contributed by atoms with E-state index in [0.29, 0.717) is 19.0 Å². The van der Waals surface area contributed by atoms with Crippen LogP contribution in [0.15, 0.2) is 11.6 Å². The van der Waals surface area contributed by atoms with Crippen LogP contribution in [0.5, 0.6) is 5.88 Å². The Labute approximate surface area is 116 Å². The number of imidazole rings is 1. The second-order valence-corrected chi connectivity index (χ2v) is 7.38. The Kier molecular flexibility index (Phi) is 4.43. The van der Waals surface area contributed by atoms with Crippen LogP contribution < -0.4 is 10.1 Å². The molecule has 8 heteroatoms. The first-order valence-electron chi connectivity index (χ1n) is 5.97. The maximum absolute atomic E-state index is 11.4. The molecule has 19 heavy (non-hydrogen) atoms. The molecule has 0 aromatic carbocycles. The van der Waals surface area contributed by atoms with Crippen LogP contribution in [0, 0.1) is 0 Å². The van der Waals surface area contributed by atoms with Crippen molar-refractivity contribution in [2.75, 3.05) is 25.2 Å². The largest absolute Gasteiger partial charge is 0.480 e. The van der Waals surface area contributed by atoms with Gasteiger partial charge in [-0.1, -0.05) is 6.92 Å². The van der Waals surface area contributed by atoms with E-state index in [0.717, 1.165) is 10.7 Å². The van der Waals surface area contributed by atoms with Crippen molar-refractivity contribution in [2.45, 2.75) is 13.5 Å². The summed E-state index contributed by atoms with van der Waals surface area (Å²) < 4.78 is 29.9. The first kappa shape index (κ1) is 14.3. The number of hydrogen-bond donors (Lipinski definition) is 1. The maximum atomic E-state index is 11.4. The quantitative estimate of drug-likeness (QED) is 0.770. The Bertz CT molecular complexity index is 645. The van der Waals surface area contributed by atoms with E-state index in [-0.39, 0.29) is 11.5 Å². The molecule has 0 aliphatic carbocycles. The lowest BCUT2D eigenvalue weighted by atomic mass is 10.4. The van der Waals surface area contributed by atoms with Crippen LogP contribution in [0.2, 0.25) is 0 Å². The average molecular weight is 303 g/mol. The third-order valence-corrected chi connectivity index (χ3v) is 5.30. The first-order chi connectivity index (χ1) is 9.07. The molecular weight excluding hydrogens is 286 g/mol. The third-order valence-electron chi connectivity index (χ3n) is 2.84. The van der Waals surface area contributed by atoms with E-state index in [2.05, 4.69) is 10.3 Å². The van der Waals surface area contributed by atoms with Crippen molar-refractivity contribution >= 4 is 26.1 Å². The Morgan fingerprint density at radius 1 is 1.53 bits per heavy atom. The van der Waals surface area contributed by atoms with E-state index < -0.39 is 9.84 Å². The molecule has 0 atom stereocenters. The fourth-order valence-corrected chi connectivity index (χ4v) is 3.18.